The van der Waals surface area contributed by atoms with E-state index < -0.39 is 15.9 Å². The Balaban J connectivity index is 1.60. The number of nitrogens with zero attached hydrogens (tertiary/aromatic N) is 2. The molecule has 0 aliphatic heterocycles. The highest BCUT2D eigenvalue weighted by molar-refractivity contribution is 7.92. The summed E-state index contributed by atoms with van der Waals surface area (Å²) in [7, 11) is -3.25. The van der Waals surface area contributed by atoms with Crippen LogP contribution in [0.2, 0.25) is 4.34 Å². The van der Waals surface area contributed by atoms with Crippen LogP contribution in [0.4, 0.5) is 5.13 Å². The third kappa shape index (κ3) is 4.91. The van der Waals surface area contributed by atoms with Crippen molar-refractivity contribution in [3.05, 3.63) is 63.9 Å². The Kier molecular flexibility index (Phi) is 6.44. The van der Waals surface area contributed by atoms with Crippen LogP contribution in [-0.2, 0) is 16.4 Å². The van der Waals surface area contributed by atoms with E-state index in [0.29, 0.717) is 32.2 Å². The number of aliphatic hydroxyl groups excluding tert-OH is 1. The predicted molar refractivity (Wildman–Crippen MR) is 125 cm³/mol. The number of aromatic nitrogens is 2. The average molecular weight is 494 g/mol. The standard InChI is InChI=1S/C22H24ClN3O4S2/c1-13(2)20(27)15-9-18(21(28)25-22-24-10-19(23)31-22)26(12-15)11-14-3-5-16(6-4-14)32(29,30)17-7-8-17/h3-6,9-10,12-13,17,20,27H,7-8,11H2,1-2H3,(H,24,25,28). The van der Waals surface area contributed by atoms with Gasteiger partial charge >= 0.3 is 0 Å². The molecule has 7 nitrogen and oxygen atoms in total. The van der Waals surface area contributed by atoms with Gasteiger partial charge in [0.05, 0.1) is 22.4 Å². The second-order valence-electron chi connectivity index (χ2n) is 8.29. The monoisotopic (exact) mass is 493 g/mol. The van der Waals surface area contributed by atoms with Gasteiger partial charge in [0.1, 0.15) is 10.0 Å². The summed E-state index contributed by atoms with van der Waals surface area (Å²) in [6, 6.07) is 8.43. The van der Waals surface area contributed by atoms with Gasteiger partial charge in [-0.15, -0.1) is 0 Å². The highest BCUT2D eigenvalue weighted by Crippen LogP contribution is 2.33. The number of halogens is 1. The van der Waals surface area contributed by atoms with E-state index in [9.17, 15) is 18.3 Å². The topological polar surface area (TPSA) is 101 Å². The fraction of sp³-hybridized carbons (Fsp3) is 0.364. The Morgan fingerprint density at radius 2 is 2.00 bits per heavy atom. The summed E-state index contributed by atoms with van der Waals surface area (Å²) in [5.74, 6) is -0.391. The van der Waals surface area contributed by atoms with Gasteiger partial charge in [-0.25, -0.2) is 13.4 Å². The number of rotatable bonds is 8. The average Bonchev–Trinajstić information content (AvgIpc) is 3.42. The zero-order valence-electron chi connectivity index (χ0n) is 17.7. The maximum atomic E-state index is 12.9. The van der Waals surface area contributed by atoms with Crippen LogP contribution in [0, 0.1) is 5.92 Å². The van der Waals surface area contributed by atoms with Crippen LogP contribution in [0.15, 0.2) is 47.6 Å². The van der Waals surface area contributed by atoms with Gasteiger partial charge in [-0.1, -0.05) is 48.9 Å². The number of nitrogens with one attached hydrogen (secondary N) is 1. The van der Waals surface area contributed by atoms with Crippen molar-refractivity contribution in [3.63, 3.8) is 0 Å². The molecule has 1 aliphatic carbocycles. The molecule has 0 saturated heterocycles. The van der Waals surface area contributed by atoms with Crippen LogP contribution in [0.1, 0.15) is 54.4 Å². The molecule has 1 aromatic carbocycles. The molecule has 4 rings (SSSR count). The van der Waals surface area contributed by atoms with Gasteiger partial charge in [-0.05, 0) is 48.1 Å². The van der Waals surface area contributed by atoms with Crippen molar-refractivity contribution in [2.45, 2.75) is 49.5 Å². The Morgan fingerprint density at radius 3 is 2.56 bits per heavy atom. The molecule has 0 spiro atoms. The number of thiazole rings is 1. The number of anilines is 1. The third-order valence-corrected chi connectivity index (χ3v) is 8.70. The molecule has 1 fully saturated rings. The molecule has 32 heavy (non-hydrogen) atoms. The quantitative estimate of drug-likeness (QED) is 0.480. The van der Waals surface area contributed by atoms with Crippen molar-refractivity contribution in [1.82, 2.24) is 9.55 Å². The molecule has 1 unspecified atom stereocenters. The number of aliphatic hydroxyl groups is 1. The van der Waals surface area contributed by atoms with Gasteiger partial charge in [-0.2, -0.15) is 0 Å². The van der Waals surface area contributed by atoms with Crippen molar-refractivity contribution >= 4 is 43.8 Å². The number of hydrogen-bond acceptors (Lipinski definition) is 6. The summed E-state index contributed by atoms with van der Waals surface area (Å²) in [5, 5.41) is 13.4. The molecule has 10 heteroatoms. The Labute approximate surface area is 196 Å². The first kappa shape index (κ1) is 23.0. The summed E-state index contributed by atoms with van der Waals surface area (Å²) in [6.45, 7) is 4.15. The number of sulfone groups is 1. The molecule has 170 valence electrons. The van der Waals surface area contributed by atoms with Crippen LogP contribution < -0.4 is 5.32 Å². The summed E-state index contributed by atoms with van der Waals surface area (Å²) < 4.78 is 27.1. The van der Waals surface area contributed by atoms with Gasteiger partial charge in [0.2, 0.25) is 0 Å². The van der Waals surface area contributed by atoms with Crippen molar-refractivity contribution in [3.8, 4) is 0 Å². The first-order chi connectivity index (χ1) is 15.1. The second-order valence-corrected chi connectivity index (χ2v) is 12.2. The van der Waals surface area contributed by atoms with E-state index in [4.69, 9.17) is 11.6 Å². The van der Waals surface area contributed by atoms with E-state index in [1.165, 1.54) is 6.20 Å². The SMILES string of the molecule is CC(C)C(O)c1cc(C(=O)Nc2ncc(Cl)s2)n(Cc2ccc(S(=O)(=O)C3CC3)cc2)c1. The largest absolute Gasteiger partial charge is 0.388 e. The number of benzene rings is 1. The molecule has 1 amide bonds. The van der Waals surface area contributed by atoms with E-state index in [1.807, 2.05) is 13.8 Å². The predicted octanol–water partition coefficient (Wildman–Crippen LogP) is 4.52. The first-order valence-electron chi connectivity index (χ1n) is 10.3. The van der Waals surface area contributed by atoms with Crippen molar-refractivity contribution in [2.75, 3.05) is 5.32 Å². The summed E-state index contributed by atoms with van der Waals surface area (Å²) in [4.78, 5) is 17.3. The minimum Gasteiger partial charge on any atom is -0.388 e. The molecule has 0 radical (unpaired) electrons. The summed E-state index contributed by atoms with van der Waals surface area (Å²) in [6.07, 6.45) is 3.94. The summed E-state index contributed by atoms with van der Waals surface area (Å²) in [5.41, 5.74) is 1.84. The maximum absolute atomic E-state index is 12.9. The normalized spacial score (nSPS) is 15.2. The van der Waals surface area contributed by atoms with Gasteiger partial charge in [0, 0.05) is 12.7 Å². The molecular formula is C22H24ClN3O4S2. The molecule has 3 aromatic rings. The Bertz CT molecular complexity index is 1230. The zero-order valence-corrected chi connectivity index (χ0v) is 20.0. The van der Waals surface area contributed by atoms with E-state index in [0.717, 1.165) is 29.7 Å². The number of hydrogen-bond donors (Lipinski definition) is 2. The van der Waals surface area contributed by atoms with E-state index in [1.54, 1.807) is 41.1 Å². The maximum Gasteiger partial charge on any atom is 0.274 e. The first-order valence-corrected chi connectivity index (χ1v) is 13.0. The van der Waals surface area contributed by atoms with Crippen molar-refractivity contribution in [1.29, 1.82) is 0 Å². The van der Waals surface area contributed by atoms with E-state index in [2.05, 4.69) is 10.3 Å². The lowest BCUT2D eigenvalue weighted by atomic mass is 10.0. The van der Waals surface area contributed by atoms with Crippen molar-refractivity contribution < 1.29 is 18.3 Å². The van der Waals surface area contributed by atoms with Crippen molar-refractivity contribution in [2.24, 2.45) is 5.92 Å². The second kappa shape index (κ2) is 8.97. The van der Waals surface area contributed by atoms with Crippen LogP contribution >= 0.6 is 22.9 Å². The van der Waals surface area contributed by atoms with Crippen LogP contribution in [-0.4, -0.2) is 34.2 Å². The lowest BCUT2D eigenvalue weighted by Crippen LogP contribution is -2.17. The third-order valence-electron chi connectivity index (χ3n) is 5.39. The number of carbonyl (C=O) groups excluding carboxylic acids is 1. The minimum atomic E-state index is -3.25. The molecule has 0 bridgehead atoms. The smallest absolute Gasteiger partial charge is 0.274 e. The molecule has 2 N–H and O–H groups in total. The molecule has 1 atom stereocenters. The highest BCUT2D eigenvalue weighted by atomic mass is 35.5. The number of carbonyl (C=O) groups is 1. The van der Waals surface area contributed by atoms with E-state index >= 15 is 0 Å². The van der Waals surface area contributed by atoms with Crippen LogP contribution in [0.25, 0.3) is 0 Å². The van der Waals surface area contributed by atoms with Crippen LogP contribution in [0.5, 0.6) is 0 Å². The molecule has 1 saturated carbocycles. The molecule has 1 aliphatic rings. The zero-order chi connectivity index (χ0) is 23.0. The molecule has 2 aromatic heterocycles. The van der Waals surface area contributed by atoms with Crippen LogP contribution in [0.3, 0.4) is 0 Å². The minimum absolute atomic E-state index is 0.0218. The van der Waals surface area contributed by atoms with E-state index in [-0.39, 0.29) is 17.1 Å². The fourth-order valence-electron chi connectivity index (χ4n) is 3.43. The highest BCUT2D eigenvalue weighted by Gasteiger charge is 2.36. The molecule has 2 heterocycles. The van der Waals surface area contributed by atoms with Gasteiger partial charge in [0.15, 0.2) is 15.0 Å². The van der Waals surface area contributed by atoms with Gasteiger partial charge < -0.3 is 9.67 Å². The van der Waals surface area contributed by atoms with Gasteiger partial charge in [-0.3, -0.25) is 10.1 Å². The lowest BCUT2D eigenvalue weighted by Gasteiger charge is -2.12. The fourth-order valence-corrected chi connectivity index (χ4v) is 5.89. The Hall–Kier alpha value is -2.20. The molecular weight excluding hydrogens is 470 g/mol. The lowest BCUT2D eigenvalue weighted by molar-refractivity contribution is 0.101. The summed E-state index contributed by atoms with van der Waals surface area (Å²) >= 11 is 7.06. The number of amides is 1. The van der Waals surface area contributed by atoms with Gasteiger partial charge in [0.25, 0.3) is 5.91 Å². The Morgan fingerprint density at radius 1 is 1.31 bits per heavy atom.